The quantitative estimate of drug-likeness (QED) is 0.517. The molecule has 0 aromatic rings. The molecule has 72 valence electrons. The largest absolute Gasteiger partial charge is 0.464 e. The number of hydrogen-bond acceptors (Lipinski definition) is 4. The Morgan fingerprint density at radius 3 is 2.58 bits per heavy atom. The molecule has 0 radical (unpaired) electrons. The summed E-state index contributed by atoms with van der Waals surface area (Å²) in [6.07, 6.45) is 1.97. The molecule has 0 rings (SSSR count). The van der Waals surface area contributed by atoms with E-state index in [1.54, 1.807) is 11.8 Å². The minimum atomic E-state index is -0.480. The molecule has 0 amide bonds. The maximum Gasteiger partial charge on any atom is 0.323 e. The maximum atomic E-state index is 11.1. The van der Waals surface area contributed by atoms with Crippen LogP contribution in [-0.4, -0.2) is 30.6 Å². The SMILES string of the molecule is CSCCOC(=O)[C@@H](N)C(C)C. The summed E-state index contributed by atoms with van der Waals surface area (Å²) >= 11 is 1.65. The van der Waals surface area contributed by atoms with Gasteiger partial charge in [-0.3, -0.25) is 4.79 Å². The predicted octanol–water partition coefficient (Wildman–Crippen LogP) is 0.876. The Bertz CT molecular complexity index is 139. The molecule has 0 saturated carbocycles. The molecule has 0 aliphatic heterocycles. The molecular formula is C8H17NO2S. The van der Waals surface area contributed by atoms with Gasteiger partial charge in [0, 0.05) is 5.75 Å². The number of ether oxygens (including phenoxy) is 1. The van der Waals surface area contributed by atoms with Crippen LogP contribution in [-0.2, 0) is 9.53 Å². The number of nitrogens with two attached hydrogens (primary N) is 1. The summed E-state index contributed by atoms with van der Waals surface area (Å²) in [6, 6.07) is -0.480. The van der Waals surface area contributed by atoms with Crippen molar-refractivity contribution in [3.05, 3.63) is 0 Å². The lowest BCUT2D eigenvalue weighted by Gasteiger charge is -2.13. The maximum absolute atomic E-state index is 11.1. The van der Waals surface area contributed by atoms with Crippen molar-refractivity contribution < 1.29 is 9.53 Å². The van der Waals surface area contributed by atoms with E-state index in [9.17, 15) is 4.79 Å². The van der Waals surface area contributed by atoms with Crippen LogP contribution in [0.25, 0.3) is 0 Å². The number of carbonyl (C=O) groups is 1. The highest BCUT2D eigenvalue weighted by molar-refractivity contribution is 7.98. The van der Waals surface area contributed by atoms with E-state index in [4.69, 9.17) is 10.5 Å². The minimum Gasteiger partial charge on any atom is -0.464 e. The zero-order chi connectivity index (χ0) is 9.56. The van der Waals surface area contributed by atoms with Gasteiger partial charge in [-0.1, -0.05) is 13.8 Å². The molecule has 0 unspecified atom stereocenters. The van der Waals surface area contributed by atoms with E-state index < -0.39 is 6.04 Å². The van der Waals surface area contributed by atoms with Gasteiger partial charge in [-0.25, -0.2) is 0 Å². The molecule has 0 saturated heterocycles. The van der Waals surface area contributed by atoms with Crippen LogP contribution in [0.15, 0.2) is 0 Å². The fraction of sp³-hybridized carbons (Fsp3) is 0.875. The highest BCUT2D eigenvalue weighted by atomic mass is 32.2. The number of carbonyl (C=O) groups excluding carboxylic acids is 1. The first kappa shape index (κ1) is 11.8. The van der Waals surface area contributed by atoms with Crippen LogP contribution < -0.4 is 5.73 Å². The first-order valence-electron chi connectivity index (χ1n) is 4.00. The lowest BCUT2D eigenvalue weighted by Crippen LogP contribution is -2.37. The van der Waals surface area contributed by atoms with E-state index in [1.807, 2.05) is 20.1 Å². The number of rotatable bonds is 5. The lowest BCUT2D eigenvalue weighted by molar-refractivity contribution is -0.145. The Kier molecular flexibility index (Phi) is 6.20. The third-order valence-electron chi connectivity index (χ3n) is 1.52. The van der Waals surface area contributed by atoms with Gasteiger partial charge in [0.15, 0.2) is 0 Å². The van der Waals surface area contributed by atoms with Gasteiger partial charge in [-0.05, 0) is 12.2 Å². The van der Waals surface area contributed by atoms with E-state index in [1.165, 1.54) is 0 Å². The number of thioether (sulfide) groups is 1. The molecule has 0 aromatic carbocycles. The summed E-state index contributed by atoms with van der Waals surface area (Å²) in [5, 5.41) is 0. The van der Waals surface area contributed by atoms with Crippen LogP contribution in [0.4, 0.5) is 0 Å². The van der Waals surface area contributed by atoms with E-state index in [2.05, 4.69) is 0 Å². The summed E-state index contributed by atoms with van der Waals surface area (Å²) in [4.78, 5) is 11.1. The first-order valence-corrected chi connectivity index (χ1v) is 5.40. The highest BCUT2D eigenvalue weighted by Crippen LogP contribution is 2.01. The van der Waals surface area contributed by atoms with Gasteiger partial charge in [0.25, 0.3) is 0 Å². The van der Waals surface area contributed by atoms with E-state index in [0.29, 0.717) is 6.61 Å². The molecule has 0 heterocycles. The van der Waals surface area contributed by atoms with Gasteiger partial charge < -0.3 is 10.5 Å². The molecular weight excluding hydrogens is 174 g/mol. The average Bonchev–Trinajstić information content (AvgIpc) is 2.03. The molecule has 4 heteroatoms. The number of esters is 1. The minimum absolute atomic E-state index is 0.145. The summed E-state index contributed by atoms with van der Waals surface area (Å²) in [6.45, 7) is 4.27. The molecule has 3 nitrogen and oxygen atoms in total. The van der Waals surface area contributed by atoms with Gasteiger partial charge in [-0.15, -0.1) is 0 Å². The topological polar surface area (TPSA) is 52.3 Å². The van der Waals surface area contributed by atoms with Crippen LogP contribution >= 0.6 is 11.8 Å². The van der Waals surface area contributed by atoms with Crippen molar-refractivity contribution in [1.82, 2.24) is 0 Å². The Morgan fingerprint density at radius 2 is 2.17 bits per heavy atom. The van der Waals surface area contributed by atoms with Gasteiger partial charge >= 0.3 is 5.97 Å². The second-order valence-corrected chi connectivity index (χ2v) is 3.92. The average molecular weight is 191 g/mol. The molecule has 0 aliphatic rings. The fourth-order valence-electron chi connectivity index (χ4n) is 0.594. The molecule has 0 fully saturated rings. The lowest BCUT2D eigenvalue weighted by atomic mass is 10.1. The smallest absolute Gasteiger partial charge is 0.323 e. The van der Waals surface area contributed by atoms with Crippen LogP contribution in [0.3, 0.4) is 0 Å². The zero-order valence-electron chi connectivity index (χ0n) is 7.87. The summed E-state index contributed by atoms with van der Waals surface area (Å²) < 4.78 is 4.92. The van der Waals surface area contributed by atoms with Crippen molar-refractivity contribution in [2.45, 2.75) is 19.9 Å². The third kappa shape index (κ3) is 4.62. The Morgan fingerprint density at radius 1 is 1.58 bits per heavy atom. The first-order chi connectivity index (χ1) is 5.59. The van der Waals surface area contributed by atoms with Crippen molar-refractivity contribution in [3.8, 4) is 0 Å². The van der Waals surface area contributed by atoms with E-state index >= 15 is 0 Å². The van der Waals surface area contributed by atoms with Crippen molar-refractivity contribution in [3.63, 3.8) is 0 Å². The second kappa shape index (κ2) is 6.31. The Hall–Kier alpha value is -0.220. The molecule has 2 N–H and O–H groups in total. The van der Waals surface area contributed by atoms with Crippen LogP contribution in [0.2, 0.25) is 0 Å². The Balaban J connectivity index is 3.57. The van der Waals surface area contributed by atoms with Crippen molar-refractivity contribution in [2.24, 2.45) is 11.7 Å². The molecule has 0 spiro atoms. The van der Waals surface area contributed by atoms with Crippen LogP contribution in [0.5, 0.6) is 0 Å². The molecule has 12 heavy (non-hydrogen) atoms. The van der Waals surface area contributed by atoms with Gasteiger partial charge in [0.1, 0.15) is 12.6 Å². The summed E-state index contributed by atoms with van der Waals surface area (Å²) in [5.41, 5.74) is 5.56. The molecule has 0 bridgehead atoms. The summed E-state index contributed by atoms with van der Waals surface area (Å²) in [7, 11) is 0. The summed E-state index contributed by atoms with van der Waals surface area (Å²) in [5.74, 6) is 0.683. The second-order valence-electron chi connectivity index (χ2n) is 2.93. The molecule has 1 atom stereocenters. The standard InChI is InChI=1S/C8H17NO2S/c1-6(2)7(9)8(10)11-4-5-12-3/h6-7H,4-5,9H2,1-3H3/t7-/m0/s1. The normalized spacial score (nSPS) is 13.1. The third-order valence-corrected chi connectivity index (χ3v) is 2.10. The van der Waals surface area contributed by atoms with Crippen LogP contribution in [0, 0.1) is 5.92 Å². The van der Waals surface area contributed by atoms with E-state index in [-0.39, 0.29) is 11.9 Å². The van der Waals surface area contributed by atoms with E-state index in [0.717, 1.165) is 5.75 Å². The van der Waals surface area contributed by atoms with Gasteiger partial charge in [-0.2, -0.15) is 11.8 Å². The number of hydrogen-bond donors (Lipinski definition) is 1. The van der Waals surface area contributed by atoms with Crippen LogP contribution in [0.1, 0.15) is 13.8 Å². The van der Waals surface area contributed by atoms with Gasteiger partial charge in [0.05, 0.1) is 0 Å². The van der Waals surface area contributed by atoms with Crippen molar-refractivity contribution in [1.29, 1.82) is 0 Å². The Labute approximate surface area is 78.0 Å². The monoisotopic (exact) mass is 191 g/mol. The molecule has 0 aliphatic carbocycles. The predicted molar refractivity (Wildman–Crippen MR) is 52.2 cm³/mol. The zero-order valence-corrected chi connectivity index (χ0v) is 8.69. The fourth-order valence-corrected chi connectivity index (χ4v) is 0.844. The molecule has 0 aromatic heterocycles. The van der Waals surface area contributed by atoms with Gasteiger partial charge in [0.2, 0.25) is 0 Å². The highest BCUT2D eigenvalue weighted by Gasteiger charge is 2.17. The van der Waals surface area contributed by atoms with Crippen molar-refractivity contribution in [2.75, 3.05) is 18.6 Å². The van der Waals surface area contributed by atoms with Crippen molar-refractivity contribution >= 4 is 17.7 Å².